The van der Waals surface area contributed by atoms with Crippen molar-refractivity contribution in [1.29, 1.82) is 0 Å². The van der Waals surface area contributed by atoms with Crippen LogP contribution in [0, 0.1) is 11.8 Å². The topological polar surface area (TPSA) is 64.3 Å². The van der Waals surface area contributed by atoms with Crippen LogP contribution in [0.4, 0.5) is 0 Å². The van der Waals surface area contributed by atoms with E-state index in [4.69, 9.17) is 10.5 Å². The highest BCUT2D eigenvalue weighted by Crippen LogP contribution is 2.25. The van der Waals surface area contributed by atoms with Gasteiger partial charge in [-0.2, -0.15) is 0 Å². The SMILES string of the molecule is CC(C)COc1ccc(C(C)(C)C(=O)NCC(C)CN)cc1. The molecule has 0 aliphatic heterocycles. The number of carbonyl (C=O) groups is 1. The first-order valence-electron chi connectivity index (χ1n) is 7.99. The van der Waals surface area contributed by atoms with E-state index in [1.165, 1.54) is 0 Å². The molecule has 0 spiro atoms. The van der Waals surface area contributed by atoms with Crippen LogP contribution in [-0.4, -0.2) is 25.6 Å². The molecule has 1 aromatic rings. The first-order valence-corrected chi connectivity index (χ1v) is 7.99. The molecule has 1 amide bonds. The number of ether oxygens (including phenoxy) is 1. The van der Waals surface area contributed by atoms with Crippen LogP contribution in [0.3, 0.4) is 0 Å². The van der Waals surface area contributed by atoms with Crippen molar-refractivity contribution in [3.63, 3.8) is 0 Å². The second-order valence-corrected chi connectivity index (χ2v) is 6.91. The lowest BCUT2D eigenvalue weighted by atomic mass is 9.83. The molecule has 4 nitrogen and oxygen atoms in total. The lowest BCUT2D eigenvalue weighted by Crippen LogP contribution is -2.42. The number of nitrogens with one attached hydrogen (secondary N) is 1. The third-order valence-corrected chi connectivity index (χ3v) is 3.74. The Morgan fingerprint density at radius 3 is 2.32 bits per heavy atom. The summed E-state index contributed by atoms with van der Waals surface area (Å²) in [6.07, 6.45) is 0. The molecule has 0 aromatic heterocycles. The highest BCUT2D eigenvalue weighted by atomic mass is 16.5. The van der Waals surface area contributed by atoms with Crippen molar-refractivity contribution in [3.05, 3.63) is 29.8 Å². The van der Waals surface area contributed by atoms with Crippen molar-refractivity contribution < 1.29 is 9.53 Å². The van der Waals surface area contributed by atoms with E-state index in [1.54, 1.807) is 0 Å². The quantitative estimate of drug-likeness (QED) is 0.776. The number of benzene rings is 1. The molecule has 124 valence electrons. The molecular weight excluding hydrogens is 276 g/mol. The summed E-state index contributed by atoms with van der Waals surface area (Å²) in [5, 5.41) is 2.98. The summed E-state index contributed by atoms with van der Waals surface area (Å²) in [6, 6.07) is 7.77. The van der Waals surface area contributed by atoms with Crippen molar-refractivity contribution in [3.8, 4) is 5.75 Å². The second kappa shape index (κ2) is 8.18. The number of rotatable bonds is 8. The molecule has 0 saturated heterocycles. The van der Waals surface area contributed by atoms with Crippen molar-refractivity contribution in [2.45, 2.75) is 40.0 Å². The molecule has 22 heavy (non-hydrogen) atoms. The van der Waals surface area contributed by atoms with Gasteiger partial charge in [-0.25, -0.2) is 0 Å². The molecule has 1 rings (SSSR count). The Bertz CT molecular complexity index is 466. The lowest BCUT2D eigenvalue weighted by Gasteiger charge is -2.25. The van der Waals surface area contributed by atoms with Crippen molar-refractivity contribution >= 4 is 5.91 Å². The summed E-state index contributed by atoms with van der Waals surface area (Å²) in [7, 11) is 0. The Morgan fingerprint density at radius 2 is 1.82 bits per heavy atom. The van der Waals surface area contributed by atoms with Crippen LogP contribution >= 0.6 is 0 Å². The van der Waals surface area contributed by atoms with Gasteiger partial charge in [0.25, 0.3) is 0 Å². The van der Waals surface area contributed by atoms with E-state index in [0.717, 1.165) is 11.3 Å². The Morgan fingerprint density at radius 1 is 1.23 bits per heavy atom. The lowest BCUT2D eigenvalue weighted by molar-refractivity contribution is -0.125. The second-order valence-electron chi connectivity index (χ2n) is 6.91. The van der Waals surface area contributed by atoms with Crippen molar-refractivity contribution in [2.75, 3.05) is 19.7 Å². The van der Waals surface area contributed by atoms with E-state index >= 15 is 0 Å². The van der Waals surface area contributed by atoms with E-state index in [1.807, 2.05) is 45.0 Å². The molecule has 0 heterocycles. The highest BCUT2D eigenvalue weighted by molar-refractivity contribution is 5.87. The van der Waals surface area contributed by atoms with Crippen LogP contribution < -0.4 is 15.8 Å². The number of hydrogen-bond acceptors (Lipinski definition) is 3. The molecule has 0 fully saturated rings. The van der Waals surface area contributed by atoms with Crippen LogP contribution in [0.2, 0.25) is 0 Å². The number of nitrogens with two attached hydrogens (primary N) is 1. The Hall–Kier alpha value is -1.55. The van der Waals surface area contributed by atoms with Crippen LogP contribution in [0.15, 0.2) is 24.3 Å². The van der Waals surface area contributed by atoms with Gasteiger partial charge in [0.2, 0.25) is 5.91 Å². The zero-order valence-electron chi connectivity index (χ0n) is 14.5. The van der Waals surface area contributed by atoms with E-state index in [9.17, 15) is 4.79 Å². The standard InChI is InChI=1S/C18H30N2O2/c1-13(2)12-22-16-8-6-15(7-9-16)18(4,5)17(21)20-11-14(3)10-19/h6-9,13-14H,10-12,19H2,1-5H3,(H,20,21). The number of hydrogen-bond donors (Lipinski definition) is 2. The average Bonchev–Trinajstić information content (AvgIpc) is 2.50. The van der Waals surface area contributed by atoms with E-state index in [-0.39, 0.29) is 11.8 Å². The molecule has 1 aromatic carbocycles. The van der Waals surface area contributed by atoms with Crippen LogP contribution in [0.5, 0.6) is 5.75 Å². The van der Waals surface area contributed by atoms with Crippen molar-refractivity contribution in [2.24, 2.45) is 17.6 Å². The third-order valence-electron chi connectivity index (χ3n) is 3.74. The monoisotopic (exact) mass is 306 g/mol. The minimum absolute atomic E-state index is 0.0173. The fraction of sp³-hybridized carbons (Fsp3) is 0.611. The van der Waals surface area contributed by atoms with Crippen molar-refractivity contribution in [1.82, 2.24) is 5.32 Å². The predicted octanol–water partition coefficient (Wildman–Crippen LogP) is 2.71. The fourth-order valence-electron chi connectivity index (χ4n) is 1.93. The third kappa shape index (κ3) is 5.34. The molecule has 0 saturated carbocycles. The summed E-state index contributed by atoms with van der Waals surface area (Å²) in [5.41, 5.74) is 5.98. The Kier molecular flexibility index (Phi) is 6.88. The van der Waals surface area contributed by atoms with Gasteiger partial charge in [-0.05, 0) is 49.9 Å². The van der Waals surface area contributed by atoms with Gasteiger partial charge in [0.1, 0.15) is 5.75 Å². The normalized spacial score (nSPS) is 13.0. The van der Waals surface area contributed by atoms with Crippen LogP contribution in [0.25, 0.3) is 0 Å². The van der Waals surface area contributed by atoms with E-state index in [0.29, 0.717) is 25.6 Å². The van der Waals surface area contributed by atoms with Gasteiger partial charge in [0, 0.05) is 6.54 Å². The van der Waals surface area contributed by atoms with Gasteiger partial charge in [0.15, 0.2) is 0 Å². The van der Waals surface area contributed by atoms with Gasteiger partial charge in [0.05, 0.1) is 12.0 Å². The summed E-state index contributed by atoms with van der Waals surface area (Å²) < 4.78 is 5.67. The van der Waals surface area contributed by atoms with Gasteiger partial charge < -0.3 is 15.8 Å². The maximum atomic E-state index is 12.4. The van der Waals surface area contributed by atoms with Gasteiger partial charge in [-0.1, -0.05) is 32.9 Å². The van der Waals surface area contributed by atoms with Gasteiger partial charge >= 0.3 is 0 Å². The van der Waals surface area contributed by atoms with Crippen LogP contribution in [-0.2, 0) is 10.2 Å². The van der Waals surface area contributed by atoms with Gasteiger partial charge in [-0.15, -0.1) is 0 Å². The van der Waals surface area contributed by atoms with E-state index < -0.39 is 5.41 Å². The zero-order valence-corrected chi connectivity index (χ0v) is 14.5. The number of amides is 1. The Labute approximate surface area is 134 Å². The summed E-state index contributed by atoms with van der Waals surface area (Å²) in [5.74, 6) is 1.63. The first kappa shape index (κ1) is 18.5. The smallest absolute Gasteiger partial charge is 0.230 e. The molecule has 0 aliphatic carbocycles. The summed E-state index contributed by atoms with van der Waals surface area (Å²) in [4.78, 5) is 12.4. The molecule has 0 aliphatic rings. The molecular formula is C18H30N2O2. The average molecular weight is 306 g/mol. The molecule has 3 N–H and O–H groups in total. The largest absolute Gasteiger partial charge is 0.493 e. The highest BCUT2D eigenvalue weighted by Gasteiger charge is 2.29. The maximum absolute atomic E-state index is 12.4. The minimum Gasteiger partial charge on any atom is -0.493 e. The molecule has 1 unspecified atom stereocenters. The molecule has 0 bridgehead atoms. The maximum Gasteiger partial charge on any atom is 0.230 e. The molecule has 1 atom stereocenters. The summed E-state index contributed by atoms with van der Waals surface area (Å²) >= 11 is 0. The fourth-order valence-corrected chi connectivity index (χ4v) is 1.93. The molecule has 4 heteroatoms. The first-order chi connectivity index (χ1) is 10.3. The minimum atomic E-state index is -0.578. The zero-order chi connectivity index (χ0) is 16.8. The Balaban J connectivity index is 2.69. The molecule has 0 radical (unpaired) electrons. The van der Waals surface area contributed by atoms with Gasteiger partial charge in [-0.3, -0.25) is 4.79 Å². The van der Waals surface area contributed by atoms with E-state index in [2.05, 4.69) is 19.2 Å². The summed E-state index contributed by atoms with van der Waals surface area (Å²) in [6.45, 7) is 12.0. The van der Waals surface area contributed by atoms with Crippen LogP contribution in [0.1, 0.15) is 40.2 Å². The number of carbonyl (C=O) groups excluding carboxylic acids is 1. The predicted molar refractivity (Wildman–Crippen MR) is 91.0 cm³/mol.